The largest absolute Gasteiger partial charge is 0.396 e. The Balaban J connectivity index is 1.78. The second-order valence-electron chi connectivity index (χ2n) is 7.21. The summed E-state index contributed by atoms with van der Waals surface area (Å²) in [5, 5.41) is 19.4. The van der Waals surface area contributed by atoms with Gasteiger partial charge < -0.3 is 5.11 Å². The van der Waals surface area contributed by atoms with Gasteiger partial charge >= 0.3 is 0 Å². The Morgan fingerprint density at radius 2 is 1.97 bits per heavy atom. The van der Waals surface area contributed by atoms with Crippen LogP contribution in [0.4, 0.5) is 0 Å². The molecule has 0 saturated heterocycles. The van der Waals surface area contributed by atoms with E-state index in [1.54, 1.807) is 11.8 Å². The Morgan fingerprint density at radius 1 is 1.17 bits per heavy atom. The summed E-state index contributed by atoms with van der Waals surface area (Å²) in [4.78, 5) is 2.22. The molecule has 30 heavy (non-hydrogen) atoms. The molecular formula is C23H27ClN4OS. The van der Waals surface area contributed by atoms with Crippen LogP contribution < -0.4 is 0 Å². The molecule has 0 spiro atoms. The number of hydrogen-bond acceptors (Lipinski definition) is 5. The molecule has 1 aromatic heterocycles. The third kappa shape index (κ3) is 6.44. The minimum absolute atomic E-state index is 0.168. The highest BCUT2D eigenvalue weighted by molar-refractivity contribution is 7.99. The van der Waals surface area contributed by atoms with Crippen LogP contribution in [0.2, 0.25) is 5.02 Å². The smallest absolute Gasteiger partial charge is 0.195 e. The quantitative estimate of drug-likeness (QED) is 0.356. The minimum Gasteiger partial charge on any atom is -0.396 e. The second-order valence-corrected chi connectivity index (χ2v) is 8.71. The van der Waals surface area contributed by atoms with Crippen molar-refractivity contribution in [2.24, 2.45) is 0 Å². The predicted molar refractivity (Wildman–Crippen MR) is 125 cm³/mol. The number of aliphatic hydroxyl groups excluding tert-OH is 1. The molecule has 7 heteroatoms. The summed E-state index contributed by atoms with van der Waals surface area (Å²) in [7, 11) is 2.08. The summed E-state index contributed by atoms with van der Waals surface area (Å²) in [6.07, 6.45) is 2.92. The van der Waals surface area contributed by atoms with Gasteiger partial charge in [-0.1, -0.05) is 71.4 Å². The van der Waals surface area contributed by atoms with Crippen molar-refractivity contribution >= 4 is 29.4 Å². The molecule has 0 radical (unpaired) electrons. The number of halogens is 1. The lowest BCUT2D eigenvalue weighted by Gasteiger charge is -2.18. The Morgan fingerprint density at radius 3 is 2.70 bits per heavy atom. The van der Waals surface area contributed by atoms with Gasteiger partial charge in [0.25, 0.3) is 0 Å². The topological polar surface area (TPSA) is 54.2 Å². The number of likely N-dealkylation sites (N-methyl/N-ethyl adjacent to an activating group) is 1. The molecule has 0 aliphatic rings. The fourth-order valence-corrected chi connectivity index (χ4v) is 4.28. The Bertz CT molecular complexity index is 974. The van der Waals surface area contributed by atoms with Crippen molar-refractivity contribution in [2.75, 3.05) is 26.0 Å². The summed E-state index contributed by atoms with van der Waals surface area (Å²) in [6, 6.07) is 18.1. The first-order valence-corrected chi connectivity index (χ1v) is 11.3. The van der Waals surface area contributed by atoms with Gasteiger partial charge in [-0.2, -0.15) is 0 Å². The van der Waals surface area contributed by atoms with E-state index in [0.717, 1.165) is 29.0 Å². The summed E-state index contributed by atoms with van der Waals surface area (Å²) in [5.74, 6) is 1.64. The van der Waals surface area contributed by atoms with Gasteiger partial charge in [-0.3, -0.25) is 9.47 Å². The van der Waals surface area contributed by atoms with Gasteiger partial charge in [-0.05, 0) is 44.2 Å². The van der Waals surface area contributed by atoms with Crippen LogP contribution in [0.5, 0.6) is 0 Å². The average molecular weight is 443 g/mol. The predicted octanol–water partition coefficient (Wildman–Crippen LogP) is 4.93. The maximum atomic E-state index is 9.10. The maximum absolute atomic E-state index is 9.10. The molecule has 0 aliphatic carbocycles. The number of aliphatic hydroxyl groups is 1. The van der Waals surface area contributed by atoms with Crippen molar-refractivity contribution in [2.45, 2.75) is 25.0 Å². The van der Waals surface area contributed by atoms with Crippen LogP contribution in [0, 0.1) is 0 Å². The van der Waals surface area contributed by atoms with E-state index in [9.17, 15) is 0 Å². The lowest BCUT2D eigenvalue weighted by Crippen LogP contribution is -2.22. The molecule has 0 fully saturated rings. The van der Waals surface area contributed by atoms with Gasteiger partial charge in [-0.25, -0.2) is 0 Å². The molecular weight excluding hydrogens is 416 g/mol. The molecule has 0 unspecified atom stereocenters. The molecule has 0 aliphatic heterocycles. The van der Waals surface area contributed by atoms with E-state index >= 15 is 0 Å². The SMILES string of the molecule is CC(=Cc1ccccc1)CN(C)Cc1nnc(SCCCO)n1-c1cccc(Cl)c1. The van der Waals surface area contributed by atoms with Crippen molar-refractivity contribution in [1.29, 1.82) is 0 Å². The van der Waals surface area contributed by atoms with Crippen LogP contribution in [-0.4, -0.2) is 50.7 Å². The van der Waals surface area contributed by atoms with Crippen molar-refractivity contribution in [3.05, 3.63) is 76.6 Å². The Hall–Kier alpha value is -2.12. The molecule has 0 atom stereocenters. The van der Waals surface area contributed by atoms with Gasteiger partial charge in [0, 0.05) is 23.9 Å². The highest BCUT2D eigenvalue weighted by atomic mass is 35.5. The molecule has 2 aromatic carbocycles. The van der Waals surface area contributed by atoms with Crippen LogP contribution in [0.25, 0.3) is 11.8 Å². The molecule has 5 nitrogen and oxygen atoms in total. The van der Waals surface area contributed by atoms with Crippen molar-refractivity contribution in [3.63, 3.8) is 0 Å². The number of hydrogen-bond donors (Lipinski definition) is 1. The first-order chi connectivity index (χ1) is 14.6. The fraction of sp³-hybridized carbons (Fsp3) is 0.304. The van der Waals surface area contributed by atoms with Crippen LogP contribution in [0.1, 0.15) is 24.7 Å². The summed E-state index contributed by atoms with van der Waals surface area (Å²) in [5.41, 5.74) is 3.42. The Kier molecular flexibility index (Phi) is 8.51. The van der Waals surface area contributed by atoms with Gasteiger partial charge in [-0.15, -0.1) is 10.2 Å². The van der Waals surface area contributed by atoms with Crippen LogP contribution >= 0.6 is 23.4 Å². The zero-order valence-corrected chi connectivity index (χ0v) is 18.9. The third-order valence-corrected chi connectivity index (χ3v) is 5.69. The first kappa shape index (κ1) is 22.6. The second kappa shape index (κ2) is 11.3. The molecule has 1 N–H and O–H groups in total. The highest BCUT2D eigenvalue weighted by Crippen LogP contribution is 2.25. The van der Waals surface area contributed by atoms with E-state index in [1.807, 2.05) is 42.5 Å². The van der Waals surface area contributed by atoms with Gasteiger partial charge in [0.15, 0.2) is 11.0 Å². The van der Waals surface area contributed by atoms with Crippen LogP contribution in [-0.2, 0) is 6.54 Å². The average Bonchev–Trinajstić information content (AvgIpc) is 3.11. The number of thioether (sulfide) groups is 1. The zero-order valence-electron chi connectivity index (χ0n) is 17.3. The number of nitrogens with zero attached hydrogens (tertiary/aromatic N) is 4. The van der Waals surface area contributed by atoms with E-state index in [4.69, 9.17) is 16.7 Å². The summed E-state index contributed by atoms with van der Waals surface area (Å²) in [6.45, 7) is 3.78. The first-order valence-electron chi connectivity index (χ1n) is 9.91. The zero-order chi connectivity index (χ0) is 21.3. The summed E-state index contributed by atoms with van der Waals surface area (Å²) >= 11 is 7.83. The number of aromatic nitrogens is 3. The van der Waals surface area contributed by atoms with E-state index < -0.39 is 0 Å². The lowest BCUT2D eigenvalue weighted by molar-refractivity contribution is 0.296. The third-order valence-electron chi connectivity index (χ3n) is 4.44. The van der Waals surface area contributed by atoms with Gasteiger partial charge in [0.1, 0.15) is 0 Å². The molecule has 0 saturated carbocycles. The standard InChI is InChI=1S/C23H27ClN4OS/c1-18(14-19-8-4-3-5-9-19)16-27(2)17-22-25-26-23(30-13-7-12-29)28(22)21-11-6-10-20(24)15-21/h3-6,8-11,14-15,29H,7,12-13,16-17H2,1-2H3. The van der Waals surface area contributed by atoms with E-state index in [-0.39, 0.29) is 6.61 Å². The Labute approximate surface area is 187 Å². The molecule has 0 amide bonds. The summed E-state index contributed by atoms with van der Waals surface area (Å²) < 4.78 is 2.06. The van der Waals surface area contributed by atoms with Crippen molar-refractivity contribution < 1.29 is 5.11 Å². The molecule has 1 heterocycles. The minimum atomic E-state index is 0.168. The molecule has 3 aromatic rings. The lowest BCUT2D eigenvalue weighted by atomic mass is 10.1. The molecule has 158 valence electrons. The van der Waals surface area contributed by atoms with Gasteiger partial charge in [0.05, 0.1) is 12.2 Å². The van der Waals surface area contributed by atoms with Crippen molar-refractivity contribution in [3.8, 4) is 5.69 Å². The normalized spacial score (nSPS) is 12.0. The fourth-order valence-electron chi connectivity index (χ4n) is 3.20. The maximum Gasteiger partial charge on any atom is 0.195 e. The molecule has 0 bridgehead atoms. The highest BCUT2D eigenvalue weighted by Gasteiger charge is 2.16. The van der Waals surface area contributed by atoms with Crippen LogP contribution in [0.15, 0.2) is 65.3 Å². The molecule has 3 rings (SSSR count). The number of rotatable bonds is 10. The van der Waals surface area contributed by atoms with E-state index in [2.05, 4.69) is 51.8 Å². The monoisotopic (exact) mass is 442 g/mol. The van der Waals surface area contributed by atoms with Gasteiger partial charge in [0.2, 0.25) is 0 Å². The van der Waals surface area contributed by atoms with E-state index in [0.29, 0.717) is 18.0 Å². The van der Waals surface area contributed by atoms with Crippen molar-refractivity contribution in [1.82, 2.24) is 19.7 Å². The number of benzene rings is 2. The van der Waals surface area contributed by atoms with E-state index in [1.165, 1.54) is 11.1 Å². The van der Waals surface area contributed by atoms with Crippen LogP contribution in [0.3, 0.4) is 0 Å².